The lowest BCUT2D eigenvalue weighted by Gasteiger charge is -2.05. The second-order valence-electron chi connectivity index (χ2n) is 4.29. The minimum absolute atomic E-state index is 0.145. The zero-order chi connectivity index (χ0) is 15.2. The highest BCUT2D eigenvalue weighted by Crippen LogP contribution is 2.25. The minimum Gasteiger partial charge on any atom is -0.447 e. The van der Waals surface area contributed by atoms with Gasteiger partial charge >= 0.3 is 0 Å². The Hall–Kier alpha value is -1.60. The maximum atomic E-state index is 11.6. The Balaban J connectivity index is 1.79. The highest BCUT2D eigenvalue weighted by Gasteiger charge is 2.04. The largest absolute Gasteiger partial charge is 0.447 e. The standard InChI is InChI=1S/C14H13Br2N3O2/c1-9-3-2-4-10(5-9)17-8-13(20)19-18-7-11-6-12(15)14(16)21-11/h2-7,17H,8H2,1H3,(H,19,20)/b18-7+. The summed E-state index contributed by atoms with van der Waals surface area (Å²) in [6.07, 6.45) is 1.43. The van der Waals surface area contributed by atoms with E-state index >= 15 is 0 Å². The molecule has 1 aromatic carbocycles. The normalized spacial score (nSPS) is 10.8. The number of halogens is 2. The molecule has 0 atom stereocenters. The number of furan rings is 1. The van der Waals surface area contributed by atoms with Crippen molar-refractivity contribution in [1.82, 2.24) is 5.43 Å². The van der Waals surface area contributed by atoms with Crippen LogP contribution in [-0.2, 0) is 4.79 Å². The summed E-state index contributed by atoms with van der Waals surface area (Å²) in [5.41, 5.74) is 4.45. The molecular formula is C14H13Br2N3O2. The van der Waals surface area contributed by atoms with Crippen molar-refractivity contribution in [2.24, 2.45) is 5.10 Å². The predicted molar refractivity (Wildman–Crippen MR) is 89.5 cm³/mol. The lowest BCUT2D eigenvalue weighted by atomic mass is 10.2. The molecule has 2 aromatic rings. The first-order chi connectivity index (χ1) is 10.0. The molecular weight excluding hydrogens is 402 g/mol. The number of hydrogen-bond acceptors (Lipinski definition) is 4. The van der Waals surface area contributed by atoms with Crippen molar-refractivity contribution in [3.05, 3.63) is 50.8 Å². The van der Waals surface area contributed by atoms with Crippen molar-refractivity contribution in [1.29, 1.82) is 0 Å². The SMILES string of the molecule is Cc1cccc(NCC(=O)N/N=C/c2cc(Br)c(Br)o2)c1. The highest BCUT2D eigenvalue weighted by atomic mass is 79.9. The number of hydrogen-bond donors (Lipinski definition) is 2. The highest BCUT2D eigenvalue weighted by molar-refractivity contribution is 9.13. The number of carbonyl (C=O) groups is 1. The summed E-state index contributed by atoms with van der Waals surface area (Å²) in [6, 6.07) is 9.54. The first-order valence-electron chi connectivity index (χ1n) is 6.12. The third kappa shape index (κ3) is 5.02. The second kappa shape index (κ2) is 7.42. The van der Waals surface area contributed by atoms with E-state index in [4.69, 9.17) is 4.42 Å². The molecule has 1 aromatic heterocycles. The number of aryl methyl sites for hydroxylation is 1. The quantitative estimate of drug-likeness (QED) is 0.579. The fraction of sp³-hybridized carbons (Fsp3) is 0.143. The van der Waals surface area contributed by atoms with E-state index in [1.54, 1.807) is 6.07 Å². The summed E-state index contributed by atoms with van der Waals surface area (Å²) >= 11 is 6.51. The van der Waals surface area contributed by atoms with Crippen LogP contribution in [0.2, 0.25) is 0 Å². The van der Waals surface area contributed by atoms with Crippen LogP contribution in [0.25, 0.3) is 0 Å². The lowest BCUT2D eigenvalue weighted by Crippen LogP contribution is -2.25. The molecule has 2 rings (SSSR count). The van der Waals surface area contributed by atoms with E-state index < -0.39 is 0 Å². The van der Waals surface area contributed by atoms with Crippen molar-refractivity contribution >= 4 is 49.7 Å². The van der Waals surface area contributed by atoms with Crippen molar-refractivity contribution in [3.8, 4) is 0 Å². The van der Waals surface area contributed by atoms with Gasteiger partial charge in [-0.1, -0.05) is 12.1 Å². The molecule has 0 radical (unpaired) electrons. The van der Waals surface area contributed by atoms with E-state index in [0.29, 0.717) is 10.4 Å². The van der Waals surface area contributed by atoms with Crippen LogP contribution in [0, 0.1) is 6.92 Å². The Labute approximate surface area is 139 Å². The summed E-state index contributed by atoms with van der Waals surface area (Å²) in [6.45, 7) is 2.14. The first kappa shape index (κ1) is 15.8. The molecule has 5 nitrogen and oxygen atoms in total. The fourth-order valence-corrected chi connectivity index (χ4v) is 2.18. The molecule has 2 N–H and O–H groups in total. The smallest absolute Gasteiger partial charge is 0.259 e. The Kier molecular flexibility index (Phi) is 5.58. The van der Waals surface area contributed by atoms with Gasteiger partial charge in [0.15, 0.2) is 4.67 Å². The van der Waals surface area contributed by atoms with E-state index in [1.807, 2.05) is 31.2 Å². The van der Waals surface area contributed by atoms with E-state index in [1.165, 1.54) is 6.21 Å². The van der Waals surface area contributed by atoms with Gasteiger partial charge in [-0.15, -0.1) is 0 Å². The fourth-order valence-electron chi connectivity index (χ4n) is 1.57. The van der Waals surface area contributed by atoms with Gasteiger partial charge in [-0.2, -0.15) is 5.10 Å². The second-order valence-corrected chi connectivity index (χ2v) is 5.86. The Morgan fingerprint density at radius 3 is 2.86 bits per heavy atom. The van der Waals surface area contributed by atoms with Gasteiger partial charge in [0.25, 0.3) is 5.91 Å². The summed E-state index contributed by atoms with van der Waals surface area (Å²) in [7, 11) is 0. The number of nitrogens with zero attached hydrogens (tertiary/aromatic N) is 1. The molecule has 0 aliphatic rings. The molecule has 110 valence electrons. The summed E-state index contributed by atoms with van der Waals surface area (Å²) in [5.74, 6) is 0.290. The molecule has 0 aliphatic carbocycles. The number of hydrazone groups is 1. The van der Waals surface area contributed by atoms with Crippen molar-refractivity contribution in [2.75, 3.05) is 11.9 Å². The molecule has 21 heavy (non-hydrogen) atoms. The van der Waals surface area contributed by atoms with Crippen LogP contribution in [0.5, 0.6) is 0 Å². The van der Waals surface area contributed by atoms with Gasteiger partial charge in [0, 0.05) is 11.8 Å². The summed E-state index contributed by atoms with van der Waals surface area (Å²) in [4.78, 5) is 11.6. The monoisotopic (exact) mass is 413 g/mol. The summed E-state index contributed by atoms with van der Waals surface area (Å²) < 4.78 is 6.66. The topological polar surface area (TPSA) is 66.6 Å². The van der Waals surface area contributed by atoms with Crippen LogP contribution in [0.4, 0.5) is 5.69 Å². The number of nitrogens with one attached hydrogen (secondary N) is 2. The van der Waals surface area contributed by atoms with Crippen molar-refractivity contribution in [2.45, 2.75) is 6.92 Å². The zero-order valence-electron chi connectivity index (χ0n) is 11.2. The van der Waals surface area contributed by atoms with Gasteiger partial charge in [-0.3, -0.25) is 4.79 Å². The Bertz CT molecular complexity index is 648. The predicted octanol–water partition coefficient (Wildman–Crippen LogP) is 3.68. The van der Waals surface area contributed by atoms with Gasteiger partial charge in [0.05, 0.1) is 17.2 Å². The van der Waals surface area contributed by atoms with Gasteiger partial charge in [-0.25, -0.2) is 5.43 Å². The van der Waals surface area contributed by atoms with Gasteiger partial charge in [0.1, 0.15) is 5.76 Å². The van der Waals surface area contributed by atoms with Gasteiger partial charge in [0.2, 0.25) is 0 Å². The maximum absolute atomic E-state index is 11.6. The van der Waals surface area contributed by atoms with E-state index in [2.05, 4.69) is 47.7 Å². The number of carbonyl (C=O) groups excluding carboxylic acids is 1. The molecule has 7 heteroatoms. The van der Waals surface area contributed by atoms with E-state index in [9.17, 15) is 4.79 Å². The number of rotatable bonds is 5. The summed E-state index contributed by atoms with van der Waals surface area (Å²) in [5, 5.41) is 6.85. The van der Waals surface area contributed by atoms with Crippen molar-refractivity contribution < 1.29 is 9.21 Å². The Morgan fingerprint density at radius 2 is 2.19 bits per heavy atom. The lowest BCUT2D eigenvalue weighted by molar-refractivity contribution is -0.119. The van der Waals surface area contributed by atoms with Crippen LogP contribution in [0.3, 0.4) is 0 Å². The van der Waals surface area contributed by atoms with Crippen LogP contribution in [0.15, 0.2) is 49.0 Å². The molecule has 1 heterocycles. The molecule has 0 aliphatic heterocycles. The Morgan fingerprint density at radius 1 is 1.38 bits per heavy atom. The number of benzene rings is 1. The van der Waals surface area contributed by atoms with Crippen LogP contribution in [0.1, 0.15) is 11.3 Å². The molecule has 0 fully saturated rings. The average molecular weight is 415 g/mol. The third-order valence-corrected chi connectivity index (χ3v) is 4.23. The number of amides is 1. The number of anilines is 1. The molecule has 0 unspecified atom stereocenters. The molecule has 0 saturated heterocycles. The van der Waals surface area contributed by atoms with Crippen molar-refractivity contribution in [3.63, 3.8) is 0 Å². The minimum atomic E-state index is -0.238. The van der Waals surface area contributed by atoms with Crippen LogP contribution in [-0.4, -0.2) is 18.7 Å². The molecule has 0 spiro atoms. The third-order valence-electron chi connectivity index (χ3n) is 2.52. The van der Waals surface area contributed by atoms with Gasteiger partial charge in [-0.05, 0) is 56.5 Å². The zero-order valence-corrected chi connectivity index (χ0v) is 14.4. The molecule has 0 bridgehead atoms. The first-order valence-corrected chi connectivity index (χ1v) is 7.70. The van der Waals surface area contributed by atoms with E-state index in [0.717, 1.165) is 15.7 Å². The van der Waals surface area contributed by atoms with Crippen LogP contribution < -0.4 is 10.7 Å². The molecule has 1 amide bonds. The molecule has 0 saturated carbocycles. The van der Waals surface area contributed by atoms with Gasteiger partial charge < -0.3 is 9.73 Å². The average Bonchev–Trinajstić information content (AvgIpc) is 2.75. The van der Waals surface area contributed by atoms with E-state index in [-0.39, 0.29) is 12.5 Å². The van der Waals surface area contributed by atoms with Crippen LogP contribution >= 0.6 is 31.9 Å². The maximum Gasteiger partial charge on any atom is 0.259 e.